The van der Waals surface area contributed by atoms with Gasteiger partial charge in [0.2, 0.25) is 0 Å². The Labute approximate surface area is 198 Å². The molecule has 1 aromatic heterocycles. The van der Waals surface area contributed by atoms with Crippen molar-refractivity contribution in [2.45, 2.75) is 39.0 Å². The second kappa shape index (κ2) is 9.21. The minimum Gasteiger partial charge on any atom is -0.434 e. The number of benzene rings is 3. The van der Waals surface area contributed by atoms with Crippen molar-refractivity contribution in [2.24, 2.45) is 0 Å². The maximum atomic E-state index is 15.1. The third-order valence-electron chi connectivity index (χ3n) is 6.26. The molecule has 1 saturated carbocycles. The third kappa shape index (κ3) is 4.49. The average molecular weight is 456 g/mol. The van der Waals surface area contributed by atoms with Crippen molar-refractivity contribution < 1.29 is 13.9 Å². The number of nitrogens with zero attached hydrogens (tertiary/aromatic N) is 2. The van der Waals surface area contributed by atoms with Gasteiger partial charge in [-0.05, 0) is 67.9 Å². The number of hydrogen-bond acceptors (Lipinski definition) is 4. The molecule has 5 nitrogen and oxygen atoms in total. The Balaban J connectivity index is 1.43. The van der Waals surface area contributed by atoms with Crippen LogP contribution in [0.1, 0.15) is 51.4 Å². The molecule has 172 valence electrons. The van der Waals surface area contributed by atoms with E-state index in [0.717, 1.165) is 12.8 Å². The summed E-state index contributed by atoms with van der Waals surface area (Å²) in [7, 11) is 0. The van der Waals surface area contributed by atoms with Crippen molar-refractivity contribution in [3.63, 3.8) is 0 Å². The van der Waals surface area contributed by atoms with E-state index in [4.69, 9.17) is 4.74 Å². The topological polar surface area (TPSA) is 64.1 Å². The molecule has 0 radical (unpaired) electrons. The van der Waals surface area contributed by atoms with E-state index in [-0.39, 0.29) is 29.0 Å². The summed E-state index contributed by atoms with van der Waals surface area (Å²) in [4.78, 5) is 13.3. The standard InChI is InChI=1S/C28H26FN3O2/c1-17-10-11-19(18(2)16-17)14-15-30-27(33)25-22-6-3-4-8-23(22)31-32-28(25)34-24-9-5-7-21(26(24)29)20-12-13-20/h3-11,16,20H,12-15H2,1-2H3,(H,30,33). The number of aryl methyl sites for hydroxylation is 2. The maximum absolute atomic E-state index is 15.1. The van der Waals surface area contributed by atoms with Crippen LogP contribution >= 0.6 is 0 Å². The van der Waals surface area contributed by atoms with Crippen LogP contribution < -0.4 is 10.1 Å². The number of amides is 1. The van der Waals surface area contributed by atoms with Gasteiger partial charge in [0.1, 0.15) is 5.56 Å². The molecule has 0 spiro atoms. The molecule has 3 aromatic carbocycles. The van der Waals surface area contributed by atoms with Gasteiger partial charge in [0, 0.05) is 11.9 Å². The van der Waals surface area contributed by atoms with Gasteiger partial charge in [-0.1, -0.05) is 54.1 Å². The van der Waals surface area contributed by atoms with Gasteiger partial charge in [0.25, 0.3) is 11.8 Å². The summed E-state index contributed by atoms with van der Waals surface area (Å²) in [6, 6.07) is 18.6. The Morgan fingerprint density at radius 2 is 1.88 bits per heavy atom. The van der Waals surface area contributed by atoms with Crippen LogP contribution in [-0.2, 0) is 6.42 Å². The van der Waals surface area contributed by atoms with E-state index in [1.807, 2.05) is 12.1 Å². The van der Waals surface area contributed by atoms with Crippen molar-refractivity contribution in [3.8, 4) is 11.6 Å². The quantitative estimate of drug-likeness (QED) is 0.370. The zero-order valence-electron chi connectivity index (χ0n) is 19.3. The molecule has 4 aromatic rings. The fraction of sp³-hybridized carbons (Fsp3) is 0.250. The Bertz CT molecular complexity index is 1380. The second-order valence-electron chi connectivity index (χ2n) is 8.87. The molecule has 34 heavy (non-hydrogen) atoms. The molecule has 0 bridgehead atoms. The molecule has 1 amide bonds. The Morgan fingerprint density at radius 3 is 2.68 bits per heavy atom. The highest BCUT2D eigenvalue weighted by atomic mass is 19.1. The number of ether oxygens (including phenoxy) is 1. The lowest BCUT2D eigenvalue weighted by Crippen LogP contribution is -2.27. The van der Waals surface area contributed by atoms with Crippen LogP contribution in [0.2, 0.25) is 0 Å². The summed E-state index contributed by atoms with van der Waals surface area (Å²) >= 11 is 0. The van der Waals surface area contributed by atoms with Crippen LogP contribution in [0.4, 0.5) is 4.39 Å². The van der Waals surface area contributed by atoms with E-state index in [0.29, 0.717) is 29.4 Å². The van der Waals surface area contributed by atoms with E-state index in [1.54, 1.807) is 30.3 Å². The monoisotopic (exact) mass is 455 g/mol. The van der Waals surface area contributed by atoms with Crippen molar-refractivity contribution >= 4 is 16.8 Å². The van der Waals surface area contributed by atoms with E-state index in [2.05, 4.69) is 47.6 Å². The average Bonchev–Trinajstić information content (AvgIpc) is 3.67. The number of carbonyl (C=O) groups excluding carboxylic acids is 1. The number of hydrogen-bond donors (Lipinski definition) is 1. The first kappa shape index (κ1) is 22.0. The normalized spacial score (nSPS) is 13.1. The molecular weight excluding hydrogens is 429 g/mol. The highest BCUT2D eigenvalue weighted by Gasteiger charge is 2.28. The van der Waals surface area contributed by atoms with Crippen molar-refractivity contribution in [2.75, 3.05) is 6.54 Å². The van der Waals surface area contributed by atoms with Crippen LogP contribution in [0, 0.1) is 19.7 Å². The molecule has 5 rings (SSSR count). The van der Waals surface area contributed by atoms with Gasteiger partial charge in [0.05, 0.1) is 5.52 Å². The van der Waals surface area contributed by atoms with Crippen molar-refractivity contribution in [3.05, 3.63) is 94.3 Å². The third-order valence-corrected chi connectivity index (χ3v) is 6.26. The Hall–Kier alpha value is -3.80. The first-order chi connectivity index (χ1) is 16.5. The highest BCUT2D eigenvalue weighted by molar-refractivity contribution is 6.07. The minimum atomic E-state index is -0.402. The zero-order chi connectivity index (χ0) is 23.7. The van der Waals surface area contributed by atoms with E-state index in [1.165, 1.54) is 16.7 Å². The first-order valence-electron chi connectivity index (χ1n) is 11.6. The Morgan fingerprint density at radius 1 is 1.06 bits per heavy atom. The second-order valence-corrected chi connectivity index (χ2v) is 8.87. The Kier molecular flexibility index (Phi) is 5.97. The van der Waals surface area contributed by atoms with Crippen LogP contribution in [0.5, 0.6) is 11.6 Å². The summed E-state index contributed by atoms with van der Waals surface area (Å²) in [5, 5.41) is 11.9. The van der Waals surface area contributed by atoms with Crippen LogP contribution in [-0.4, -0.2) is 22.6 Å². The lowest BCUT2D eigenvalue weighted by Gasteiger charge is -2.14. The predicted molar refractivity (Wildman–Crippen MR) is 130 cm³/mol. The first-order valence-corrected chi connectivity index (χ1v) is 11.6. The van der Waals surface area contributed by atoms with Gasteiger partial charge in [-0.25, -0.2) is 4.39 Å². The summed E-state index contributed by atoms with van der Waals surface area (Å²) in [5.74, 6) is -0.446. The minimum absolute atomic E-state index is 0.00503. The van der Waals surface area contributed by atoms with Gasteiger partial charge in [-0.2, -0.15) is 0 Å². The maximum Gasteiger partial charge on any atom is 0.257 e. The summed E-state index contributed by atoms with van der Waals surface area (Å²) < 4.78 is 21.0. The summed E-state index contributed by atoms with van der Waals surface area (Å²) in [6.45, 7) is 4.58. The van der Waals surface area contributed by atoms with E-state index in [9.17, 15) is 4.79 Å². The van der Waals surface area contributed by atoms with Gasteiger partial charge < -0.3 is 10.1 Å². The van der Waals surface area contributed by atoms with Crippen LogP contribution in [0.15, 0.2) is 60.7 Å². The molecule has 0 aliphatic heterocycles. The molecule has 1 aliphatic carbocycles. The zero-order valence-corrected chi connectivity index (χ0v) is 19.3. The summed E-state index contributed by atoms with van der Waals surface area (Å²) in [6.07, 6.45) is 2.65. The predicted octanol–water partition coefficient (Wildman–Crippen LogP) is 6.03. The lowest BCUT2D eigenvalue weighted by molar-refractivity contribution is 0.0952. The van der Waals surface area contributed by atoms with Gasteiger partial charge in [-0.15, -0.1) is 10.2 Å². The SMILES string of the molecule is Cc1ccc(CCNC(=O)c2c(Oc3cccc(C4CC4)c3F)nnc3ccccc23)c(C)c1. The molecule has 0 atom stereocenters. The van der Waals surface area contributed by atoms with Crippen LogP contribution in [0.3, 0.4) is 0 Å². The number of halogens is 1. The molecule has 1 heterocycles. The van der Waals surface area contributed by atoms with Crippen LogP contribution in [0.25, 0.3) is 10.9 Å². The molecule has 1 N–H and O–H groups in total. The smallest absolute Gasteiger partial charge is 0.257 e. The molecule has 0 unspecified atom stereocenters. The number of aromatic nitrogens is 2. The molecule has 1 fully saturated rings. The van der Waals surface area contributed by atoms with E-state index >= 15 is 4.39 Å². The molecule has 6 heteroatoms. The van der Waals surface area contributed by atoms with Crippen molar-refractivity contribution in [1.29, 1.82) is 0 Å². The molecule has 0 saturated heterocycles. The van der Waals surface area contributed by atoms with Gasteiger partial charge >= 0.3 is 0 Å². The fourth-order valence-corrected chi connectivity index (χ4v) is 4.27. The van der Waals surface area contributed by atoms with Gasteiger partial charge in [0.15, 0.2) is 11.6 Å². The molecular formula is C28H26FN3O2. The van der Waals surface area contributed by atoms with Gasteiger partial charge in [-0.3, -0.25) is 4.79 Å². The van der Waals surface area contributed by atoms with E-state index < -0.39 is 5.82 Å². The fourth-order valence-electron chi connectivity index (χ4n) is 4.27. The summed E-state index contributed by atoms with van der Waals surface area (Å²) in [5.41, 5.74) is 5.05. The number of carbonyl (C=O) groups is 1. The highest BCUT2D eigenvalue weighted by Crippen LogP contribution is 2.43. The lowest BCUT2D eigenvalue weighted by atomic mass is 10.0. The number of fused-ring (bicyclic) bond motifs is 1. The number of rotatable bonds is 7. The van der Waals surface area contributed by atoms with Crippen molar-refractivity contribution in [1.82, 2.24) is 15.5 Å². The number of nitrogens with one attached hydrogen (secondary N) is 1. The largest absolute Gasteiger partial charge is 0.434 e. The molecule has 1 aliphatic rings.